The van der Waals surface area contributed by atoms with Crippen molar-refractivity contribution in [1.29, 1.82) is 0 Å². The number of rotatable bonds is 5. The summed E-state index contributed by atoms with van der Waals surface area (Å²) in [5, 5.41) is 0. The first-order chi connectivity index (χ1) is 12.9. The Hall–Kier alpha value is -2.38. The minimum absolute atomic E-state index is 0.0478. The topological polar surface area (TPSA) is 66.9 Å². The number of benzene rings is 2. The van der Waals surface area contributed by atoms with Crippen molar-refractivity contribution in [2.24, 2.45) is 0 Å². The zero-order valence-electron chi connectivity index (χ0n) is 15.6. The highest BCUT2D eigenvalue weighted by molar-refractivity contribution is 7.89. The van der Waals surface area contributed by atoms with Crippen LogP contribution in [0.2, 0.25) is 0 Å². The van der Waals surface area contributed by atoms with Crippen LogP contribution in [0.25, 0.3) is 0 Å². The van der Waals surface area contributed by atoms with Crippen LogP contribution < -0.4 is 4.74 Å². The van der Waals surface area contributed by atoms with Crippen LogP contribution in [0.5, 0.6) is 5.75 Å². The second-order valence-corrected chi connectivity index (χ2v) is 8.56. The van der Waals surface area contributed by atoms with E-state index >= 15 is 0 Å². The second-order valence-electron chi connectivity index (χ2n) is 6.66. The third-order valence-electron chi connectivity index (χ3n) is 4.65. The molecule has 0 aromatic heterocycles. The van der Waals surface area contributed by atoms with Gasteiger partial charge < -0.3 is 9.64 Å². The molecular formula is C20H24N2O4S. The molecule has 2 aromatic carbocycles. The summed E-state index contributed by atoms with van der Waals surface area (Å²) in [7, 11) is -3.55. The Labute approximate surface area is 160 Å². The third kappa shape index (κ3) is 4.48. The summed E-state index contributed by atoms with van der Waals surface area (Å²) in [5.74, 6) is 0.504. The summed E-state index contributed by atoms with van der Waals surface area (Å²) in [4.78, 5) is 14.3. The minimum atomic E-state index is -3.55. The Morgan fingerprint density at radius 2 is 1.67 bits per heavy atom. The van der Waals surface area contributed by atoms with Crippen LogP contribution >= 0.6 is 0 Å². The van der Waals surface area contributed by atoms with Gasteiger partial charge in [0.2, 0.25) is 10.0 Å². The molecule has 0 aliphatic carbocycles. The van der Waals surface area contributed by atoms with Crippen molar-refractivity contribution in [3.8, 4) is 5.75 Å². The molecule has 1 saturated heterocycles. The van der Waals surface area contributed by atoms with Gasteiger partial charge in [-0.05, 0) is 37.6 Å². The van der Waals surface area contributed by atoms with E-state index in [0.717, 1.165) is 11.1 Å². The Morgan fingerprint density at radius 1 is 1.00 bits per heavy atom. The third-order valence-corrected chi connectivity index (χ3v) is 6.70. The van der Waals surface area contributed by atoms with E-state index in [4.69, 9.17) is 4.74 Å². The molecule has 1 aliphatic rings. The summed E-state index contributed by atoms with van der Waals surface area (Å²) in [6, 6.07) is 14.5. The molecule has 0 bridgehead atoms. The van der Waals surface area contributed by atoms with Gasteiger partial charge in [-0.25, -0.2) is 8.42 Å². The van der Waals surface area contributed by atoms with Gasteiger partial charge in [0.05, 0.1) is 4.90 Å². The molecule has 1 fully saturated rings. The van der Waals surface area contributed by atoms with E-state index in [2.05, 4.69) is 0 Å². The fraction of sp³-hybridized carbons (Fsp3) is 0.350. The maximum atomic E-state index is 12.9. The predicted octanol–water partition coefficient (Wildman–Crippen LogP) is 2.22. The Balaban J connectivity index is 1.58. The van der Waals surface area contributed by atoms with Gasteiger partial charge in [-0.1, -0.05) is 35.9 Å². The van der Waals surface area contributed by atoms with Crippen molar-refractivity contribution in [2.45, 2.75) is 18.7 Å². The number of hydrogen-bond donors (Lipinski definition) is 0. The highest BCUT2D eigenvalue weighted by Crippen LogP contribution is 2.22. The molecule has 0 saturated carbocycles. The van der Waals surface area contributed by atoms with Crippen LogP contribution in [0.1, 0.15) is 11.1 Å². The zero-order chi connectivity index (χ0) is 19.4. The van der Waals surface area contributed by atoms with Gasteiger partial charge >= 0.3 is 0 Å². The minimum Gasteiger partial charge on any atom is -0.484 e. The average molecular weight is 388 g/mol. The highest BCUT2D eigenvalue weighted by Gasteiger charge is 2.31. The molecule has 6 nitrogen and oxygen atoms in total. The molecule has 1 amide bonds. The quantitative estimate of drug-likeness (QED) is 0.788. The first kappa shape index (κ1) is 19.4. The van der Waals surface area contributed by atoms with Gasteiger partial charge in [0, 0.05) is 26.2 Å². The van der Waals surface area contributed by atoms with E-state index in [1.54, 1.807) is 36.1 Å². The lowest BCUT2D eigenvalue weighted by atomic mass is 10.2. The molecule has 1 aliphatic heterocycles. The van der Waals surface area contributed by atoms with Crippen LogP contribution in [0, 0.1) is 13.8 Å². The lowest BCUT2D eigenvalue weighted by Crippen LogP contribution is -2.51. The average Bonchev–Trinajstić information content (AvgIpc) is 2.66. The number of aryl methyl sites for hydroxylation is 2. The molecule has 2 aromatic rings. The van der Waals surface area contributed by atoms with E-state index in [1.165, 1.54) is 4.31 Å². The number of carbonyl (C=O) groups is 1. The largest absolute Gasteiger partial charge is 0.484 e. The molecule has 1 heterocycles. The molecule has 3 rings (SSSR count). The molecule has 7 heteroatoms. The standard InChI is InChI=1S/C20H24N2O4S/c1-16-8-9-19(17(2)14-16)27(24,25)22-12-10-21(11-13-22)20(23)15-26-18-6-4-3-5-7-18/h3-9,14H,10-13,15H2,1-2H3. The molecule has 144 valence electrons. The summed E-state index contributed by atoms with van der Waals surface area (Å²) in [6.45, 7) is 4.99. The monoisotopic (exact) mass is 388 g/mol. The van der Waals surface area contributed by atoms with Crippen LogP contribution in [0.15, 0.2) is 53.4 Å². The second kappa shape index (κ2) is 8.10. The van der Waals surface area contributed by atoms with Gasteiger partial charge in [-0.2, -0.15) is 4.31 Å². The van der Waals surface area contributed by atoms with Gasteiger partial charge in [0.15, 0.2) is 6.61 Å². The van der Waals surface area contributed by atoms with E-state index < -0.39 is 10.0 Å². The Bertz CT molecular complexity index is 905. The predicted molar refractivity (Wildman–Crippen MR) is 103 cm³/mol. The van der Waals surface area contributed by atoms with Crippen molar-refractivity contribution < 1.29 is 17.9 Å². The number of piperazine rings is 1. The van der Waals surface area contributed by atoms with E-state index in [9.17, 15) is 13.2 Å². The summed E-state index contributed by atoms with van der Waals surface area (Å²) < 4.78 is 32.7. The fourth-order valence-corrected chi connectivity index (χ4v) is 4.79. The fourth-order valence-electron chi connectivity index (χ4n) is 3.16. The lowest BCUT2D eigenvalue weighted by Gasteiger charge is -2.34. The number of hydrogen-bond acceptors (Lipinski definition) is 4. The van der Waals surface area contributed by atoms with Crippen molar-refractivity contribution in [3.05, 3.63) is 59.7 Å². The Kier molecular flexibility index (Phi) is 5.82. The first-order valence-corrected chi connectivity index (χ1v) is 10.3. The van der Waals surface area contributed by atoms with Gasteiger partial charge in [-0.15, -0.1) is 0 Å². The number of ether oxygens (including phenoxy) is 1. The van der Waals surface area contributed by atoms with Crippen molar-refractivity contribution in [3.63, 3.8) is 0 Å². The molecular weight excluding hydrogens is 364 g/mol. The maximum absolute atomic E-state index is 12.9. The SMILES string of the molecule is Cc1ccc(S(=O)(=O)N2CCN(C(=O)COc3ccccc3)CC2)c(C)c1. The van der Waals surface area contributed by atoms with Gasteiger partial charge in [0.25, 0.3) is 5.91 Å². The van der Waals surface area contributed by atoms with E-state index in [0.29, 0.717) is 23.7 Å². The van der Waals surface area contributed by atoms with Gasteiger partial charge in [-0.3, -0.25) is 4.79 Å². The van der Waals surface area contributed by atoms with Crippen LogP contribution in [-0.2, 0) is 14.8 Å². The lowest BCUT2D eigenvalue weighted by molar-refractivity contribution is -0.134. The zero-order valence-corrected chi connectivity index (χ0v) is 16.4. The first-order valence-electron chi connectivity index (χ1n) is 8.91. The summed E-state index contributed by atoms with van der Waals surface area (Å²) in [5.41, 5.74) is 1.77. The molecule has 0 radical (unpaired) electrons. The smallest absolute Gasteiger partial charge is 0.260 e. The van der Waals surface area contributed by atoms with Gasteiger partial charge in [0.1, 0.15) is 5.75 Å². The normalized spacial score (nSPS) is 15.6. The molecule has 0 N–H and O–H groups in total. The number of carbonyl (C=O) groups excluding carboxylic acids is 1. The van der Waals surface area contributed by atoms with Crippen LogP contribution in [0.4, 0.5) is 0 Å². The number of nitrogens with zero attached hydrogens (tertiary/aromatic N) is 2. The molecule has 0 unspecified atom stereocenters. The van der Waals surface area contributed by atoms with Crippen molar-refractivity contribution in [2.75, 3.05) is 32.8 Å². The number of sulfonamides is 1. The van der Waals surface area contributed by atoms with Crippen molar-refractivity contribution >= 4 is 15.9 Å². The van der Waals surface area contributed by atoms with Crippen LogP contribution in [-0.4, -0.2) is 56.3 Å². The Morgan fingerprint density at radius 3 is 2.30 bits per heavy atom. The van der Waals surface area contributed by atoms with Crippen molar-refractivity contribution in [1.82, 2.24) is 9.21 Å². The maximum Gasteiger partial charge on any atom is 0.260 e. The summed E-state index contributed by atoms with van der Waals surface area (Å²) >= 11 is 0. The van der Waals surface area contributed by atoms with Crippen LogP contribution in [0.3, 0.4) is 0 Å². The highest BCUT2D eigenvalue weighted by atomic mass is 32.2. The van der Waals surface area contributed by atoms with E-state index in [-0.39, 0.29) is 25.6 Å². The molecule has 0 atom stereocenters. The van der Waals surface area contributed by atoms with E-state index in [1.807, 2.05) is 31.2 Å². The molecule has 27 heavy (non-hydrogen) atoms. The molecule has 0 spiro atoms. The number of amides is 1. The number of para-hydroxylation sites is 1. The summed E-state index contributed by atoms with van der Waals surface area (Å²) in [6.07, 6.45) is 0.